The van der Waals surface area contributed by atoms with E-state index in [0.717, 1.165) is 11.1 Å². The minimum atomic E-state index is -4.73. The van der Waals surface area contributed by atoms with Crippen molar-refractivity contribution in [3.8, 4) is 22.8 Å². The number of nitrogens with one attached hydrogen (secondary N) is 1. The number of phenols is 1. The first-order valence-corrected chi connectivity index (χ1v) is 9.18. The fourth-order valence-corrected chi connectivity index (χ4v) is 3.30. The summed E-state index contributed by atoms with van der Waals surface area (Å²) in [7, 11) is 0. The summed E-state index contributed by atoms with van der Waals surface area (Å²) < 4.78 is 54.6. The minimum Gasteiger partial charge on any atom is -0.505 e. The molecule has 4 aromatic rings. The van der Waals surface area contributed by atoms with Gasteiger partial charge in [-0.3, -0.25) is 4.79 Å². The topological polar surface area (TPSA) is 62.3 Å². The average molecular weight is 429 g/mol. The summed E-state index contributed by atoms with van der Waals surface area (Å²) in [5.74, 6) is -1.84. The lowest BCUT2D eigenvalue weighted by molar-refractivity contribution is -0.274. The smallest absolute Gasteiger partial charge is 0.505 e. The third-order valence-electron chi connectivity index (χ3n) is 4.74. The molecule has 1 aromatic heterocycles. The molecule has 8 heteroatoms. The number of rotatable bonds is 4. The normalized spacial score (nSPS) is 11.6. The van der Waals surface area contributed by atoms with Crippen LogP contribution in [0.4, 0.5) is 17.6 Å². The number of aromatic hydroxyl groups is 1. The second kappa shape index (κ2) is 7.79. The zero-order valence-electron chi connectivity index (χ0n) is 15.8. The largest absolute Gasteiger partial charge is 0.573 e. The summed E-state index contributed by atoms with van der Waals surface area (Å²) >= 11 is 0. The predicted octanol–water partition coefficient (Wildman–Crippen LogP) is 5.53. The van der Waals surface area contributed by atoms with Gasteiger partial charge < -0.3 is 14.8 Å². The average Bonchev–Trinajstić information content (AvgIpc) is 2.71. The second-order valence-electron chi connectivity index (χ2n) is 6.93. The number of hydrogen-bond donors (Lipinski definition) is 2. The number of pyridine rings is 1. The Hall–Kier alpha value is -3.81. The van der Waals surface area contributed by atoms with Crippen LogP contribution in [0.5, 0.6) is 11.5 Å². The minimum absolute atomic E-state index is 0.210. The first-order chi connectivity index (χ1) is 14.7. The van der Waals surface area contributed by atoms with Gasteiger partial charge in [-0.2, -0.15) is 0 Å². The lowest BCUT2D eigenvalue weighted by Gasteiger charge is -2.10. The Balaban J connectivity index is 1.55. The number of alkyl halides is 3. The Bertz CT molecular complexity index is 1290. The van der Waals surface area contributed by atoms with E-state index in [4.69, 9.17) is 0 Å². The van der Waals surface area contributed by atoms with Crippen molar-refractivity contribution in [1.82, 2.24) is 4.98 Å². The van der Waals surface area contributed by atoms with Crippen LogP contribution < -0.4 is 10.2 Å². The molecule has 2 N–H and O–H groups in total. The molecule has 0 unspecified atom stereocenters. The Morgan fingerprint density at radius 1 is 0.903 bits per heavy atom. The van der Waals surface area contributed by atoms with Crippen molar-refractivity contribution < 1.29 is 27.4 Å². The molecule has 0 aliphatic rings. The number of ether oxygens (including phenoxy) is 1. The highest BCUT2D eigenvalue weighted by molar-refractivity contribution is 5.83. The highest BCUT2D eigenvalue weighted by atomic mass is 19.4. The summed E-state index contributed by atoms with van der Waals surface area (Å²) in [5.41, 5.74) is 2.61. The van der Waals surface area contributed by atoms with Gasteiger partial charge in [0, 0.05) is 11.8 Å². The second-order valence-corrected chi connectivity index (χ2v) is 6.93. The van der Waals surface area contributed by atoms with Crippen molar-refractivity contribution >= 4 is 10.9 Å². The summed E-state index contributed by atoms with van der Waals surface area (Å²) in [6.45, 7) is 0. The van der Waals surface area contributed by atoms with Crippen LogP contribution in [0.1, 0.15) is 11.1 Å². The van der Waals surface area contributed by atoms with Gasteiger partial charge in [0.1, 0.15) is 5.75 Å². The molecular weight excluding hydrogens is 414 g/mol. The molecular formula is C23H15F4NO3. The predicted molar refractivity (Wildman–Crippen MR) is 108 cm³/mol. The summed E-state index contributed by atoms with van der Waals surface area (Å²) in [6, 6.07) is 16.7. The molecule has 0 saturated heterocycles. The van der Waals surface area contributed by atoms with Gasteiger partial charge in [-0.05, 0) is 47.4 Å². The Labute approximate surface area is 173 Å². The molecule has 0 spiro atoms. The SMILES string of the molecule is O=c1cc(-c2ccc(Cc3ccc(OC(F)(F)F)cc3)cc2)[nH]c2ccc(O)c(F)c12. The van der Waals surface area contributed by atoms with E-state index < -0.39 is 23.4 Å². The van der Waals surface area contributed by atoms with E-state index in [0.29, 0.717) is 17.7 Å². The first kappa shape index (κ1) is 20.5. The standard InChI is InChI=1S/C23H15F4NO3/c24-22-19(29)10-9-17-21(22)20(30)12-18(28-17)15-5-1-13(2-6-15)11-14-3-7-16(8-4-14)31-23(25,26)27/h1-10,12,29H,11H2,(H,28,30). The third kappa shape index (κ3) is 4.53. The summed E-state index contributed by atoms with van der Waals surface area (Å²) in [4.78, 5) is 15.3. The van der Waals surface area contributed by atoms with Gasteiger partial charge in [0.15, 0.2) is 17.0 Å². The van der Waals surface area contributed by atoms with Crippen LogP contribution >= 0.6 is 0 Å². The van der Waals surface area contributed by atoms with Gasteiger partial charge in [-0.15, -0.1) is 13.2 Å². The molecule has 0 amide bonds. The molecule has 158 valence electrons. The maximum atomic E-state index is 14.0. The molecule has 3 aromatic carbocycles. The summed E-state index contributed by atoms with van der Waals surface area (Å²) in [6.07, 6.45) is -4.24. The fourth-order valence-electron chi connectivity index (χ4n) is 3.30. The quantitative estimate of drug-likeness (QED) is 0.420. The molecule has 0 aliphatic carbocycles. The van der Waals surface area contributed by atoms with E-state index >= 15 is 0 Å². The van der Waals surface area contributed by atoms with E-state index in [1.165, 1.54) is 30.3 Å². The number of hydrogen-bond acceptors (Lipinski definition) is 3. The lowest BCUT2D eigenvalue weighted by atomic mass is 10.0. The van der Waals surface area contributed by atoms with Crippen LogP contribution in [0.2, 0.25) is 0 Å². The van der Waals surface area contributed by atoms with E-state index in [1.807, 2.05) is 12.1 Å². The number of halogens is 4. The van der Waals surface area contributed by atoms with Crippen molar-refractivity contribution in [1.29, 1.82) is 0 Å². The van der Waals surface area contributed by atoms with Crippen LogP contribution in [0.25, 0.3) is 22.2 Å². The number of phenolic OH excluding ortho intramolecular Hbond substituents is 1. The van der Waals surface area contributed by atoms with Crippen molar-refractivity contribution in [2.75, 3.05) is 0 Å². The molecule has 0 bridgehead atoms. The highest BCUT2D eigenvalue weighted by Gasteiger charge is 2.30. The zero-order chi connectivity index (χ0) is 22.2. The number of aromatic nitrogens is 1. The van der Waals surface area contributed by atoms with Crippen LogP contribution in [-0.2, 0) is 6.42 Å². The van der Waals surface area contributed by atoms with Crippen LogP contribution in [0.15, 0.2) is 71.5 Å². The maximum absolute atomic E-state index is 14.0. The Kier molecular flexibility index (Phi) is 5.14. The molecule has 1 heterocycles. The molecule has 0 saturated carbocycles. The highest BCUT2D eigenvalue weighted by Crippen LogP contribution is 2.26. The van der Waals surface area contributed by atoms with Gasteiger partial charge in [-0.25, -0.2) is 4.39 Å². The zero-order valence-corrected chi connectivity index (χ0v) is 15.8. The van der Waals surface area contributed by atoms with Gasteiger partial charge >= 0.3 is 6.36 Å². The molecule has 4 nitrogen and oxygen atoms in total. The van der Waals surface area contributed by atoms with Crippen LogP contribution in [0.3, 0.4) is 0 Å². The molecule has 31 heavy (non-hydrogen) atoms. The van der Waals surface area contributed by atoms with Crippen molar-refractivity contribution in [2.24, 2.45) is 0 Å². The van der Waals surface area contributed by atoms with Gasteiger partial charge in [-0.1, -0.05) is 36.4 Å². The lowest BCUT2D eigenvalue weighted by Crippen LogP contribution is -2.17. The molecule has 0 fully saturated rings. The van der Waals surface area contributed by atoms with Gasteiger partial charge in [0.2, 0.25) is 0 Å². The molecule has 0 aliphatic heterocycles. The van der Waals surface area contributed by atoms with E-state index in [1.54, 1.807) is 24.3 Å². The van der Waals surface area contributed by atoms with Crippen molar-refractivity contribution in [3.63, 3.8) is 0 Å². The Morgan fingerprint density at radius 2 is 1.52 bits per heavy atom. The van der Waals surface area contributed by atoms with Crippen LogP contribution in [-0.4, -0.2) is 16.5 Å². The van der Waals surface area contributed by atoms with E-state index in [2.05, 4.69) is 9.72 Å². The summed E-state index contributed by atoms with van der Waals surface area (Å²) in [5, 5.41) is 9.25. The first-order valence-electron chi connectivity index (χ1n) is 9.18. The molecule has 0 atom stereocenters. The monoisotopic (exact) mass is 429 g/mol. The number of aromatic amines is 1. The van der Waals surface area contributed by atoms with Crippen molar-refractivity contribution in [2.45, 2.75) is 12.8 Å². The van der Waals surface area contributed by atoms with E-state index in [-0.39, 0.29) is 16.7 Å². The van der Waals surface area contributed by atoms with Gasteiger partial charge in [0.25, 0.3) is 0 Å². The van der Waals surface area contributed by atoms with Crippen LogP contribution in [0, 0.1) is 5.82 Å². The number of H-pyrrole nitrogens is 1. The number of fused-ring (bicyclic) bond motifs is 1. The number of benzene rings is 3. The van der Waals surface area contributed by atoms with E-state index in [9.17, 15) is 27.5 Å². The maximum Gasteiger partial charge on any atom is 0.573 e. The fraction of sp³-hybridized carbons (Fsp3) is 0.0870. The molecule has 0 radical (unpaired) electrons. The third-order valence-corrected chi connectivity index (χ3v) is 4.74. The molecule has 4 rings (SSSR count). The van der Waals surface area contributed by atoms with Crippen molar-refractivity contribution in [3.05, 3.63) is 93.9 Å². The van der Waals surface area contributed by atoms with Gasteiger partial charge in [0.05, 0.1) is 10.9 Å². The Morgan fingerprint density at radius 3 is 2.13 bits per heavy atom.